The second-order valence-corrected chi connectivity index (χ2v) is 7.85. The Morgan fingerprint density at radius 2 is 1.48 bits per heavy atom. The summed E-state index contributed by atoms with van der Waals surface area (Å²) in [7, 11) is 0. The summed E-state index contributed by atoms with van der Waals surface area (Å²) in [5, 5.41) is 0. The van der Waals surface area contributed by atoms with Gasteiger partial charge in [-0.3, -0.25) is 9.48 Å². The average molecular weight is 402 g/mol. The number of rotatable bonds is 5. The fraction of sp³-hybridized carbons (Fsp3) is 0.318. The highest BCUT2D eigenvalue weighted by Crippen LogP contribution is 2.48. The molecule has 2 aliphatic rings. The Kier molecular flexibility index (Phi) is 4.15. The van der Waals surface area contributed by atoms with Crippen molar-refractivity contribution in [2.75, 3.05) is 0 Å². The molecule has 150 valence electrons. The van der Waals surface area contributed by atoms with Crippen molar-refractivity contribution in [1.82, 2.24) is 9.36 Å². The Hall–Kier alpha value is -2.83. The molecule has 0 amide bonds. The third kappa shape index (κ3) is 3.18. The molecule has 2 aliphatic carbocycles. The third-order valence-electron chi connectivity index (χ3n) is 5.64. The molecule has 0 atom stereocenters. The van der Waals surface area contributed by atoms with Crippen LogP contribution in [0.1, 0.15) is 54.3 Å². The van der Waals surface area contributed by atoms with Crippen LogP contribution >= 0.6 is 0 Å². The van der Waals surface area contributed by atoms with E-state index < -0.39 is 23.3 Å². The van der Waals surface area contributed by atoms with Gasteiger partial charge in [0.2, 0.25) is 0 Å². The summed E-state index contributed by atoms with van der Waals surface area (Å²) >= 11 is 0. The van der Waals surface area contributed by atoms with Gasteiger partial charge in [0.15, 0.2) is 0 Å². The zero-order valence-electron chi connectivity index (χ0n) is 15.5. The number of hydrogen-bond donors (Lipinski definition) is 0. The second kappa shape index (κ2) is 6.61. The molecule has 2 saturated carbocycles. The maximum atomic E-state index is 14.6. The van der Waals surface area contributed by atoms with Crippen LogP contribution in [-0.2, 0) is 6.54 Å². The number of halogens is 4. The van der Waals surface area contributed by atoms with Crippen LogP contribution in [-0.4, -0.2) is 9.36 Å². The zero-order chi connectivity index (χ0) is 20.3. The Morgan fingerprint density at radius 1 is 0.828 bits per heavy atom. The molecular weight excluding hydrogens is 384 g/mol. The van der Waals surface area contributed by atoms with E-state index in [0.717, 1.165) is 66.4 Å². The van der Waals surface area contributed by atoms with Crippen LogP contribution in [0.2, 0.25) is 0 Å². The van der Waals surface area contributed by atoms with E-state index >= 15 is 0 Å². The first-order chi connectivity index (χ1) is 13.9. The lowest BCUT2D eigenvalue weighted by atomic mass is 10.1. The number of hydrogen-bond acceptors (Lipinski definition) is 1. The fourth-order valence-electron chi connectivity index (χ4n) is 3.98. The summed E-state index contributed by atoms with van der Waals surface area (Å²) in [5.41, 5.74) is 0.979. The Bertz CT molecular complexity index is 1170. The molecule has 2 fully saturated rings. The van der Waals surface area contributed by atoms with E-state index in [2.05, 4.69) is 0 Å². The molecule has 0 N–H and O–H groups in total. The van der Waals surface area contributed by atoms with Crippen LogP contribution in [0.25, 0.3) is 5.69 Å². The predicted molar refractivity (Wildman–Crippen MR) is 99.4 cm³/mol. The topological polar surface area (TPSA) is 26.9 Å². The first kappa shape index (κ1) is 18.2. The van der Waals surface area contributed by atoms with E-state index in [1.165, 1.54) is 6.07 Å². The minimum atomic E-state index is -0.743. The largest absolute Gasteiger partial charge is 0.277 e. The summed E-state index contributed by atoms with van der Waals surface area (Å²) in [6, 6.07) is 6.17. The van der Waals surface area contributed by atoms with Gasteiger partial charge in [-0.05, 0) is 49.8 Å². The molecule has 0 saturated heterocycles. The average Bonchev–Trinajstić information content (AvgIpc) is 3.58. The van der Waals surface area contributed by atoms with E-state index in [1.54, 1.807) is 4.68 Å². The normalized spacial score (nSPS) is 16.4. The molecule has 0 spiro atoms. The smallest absolute Gasteiger partial charge is 0.275 e. The van der Waals surface area contributed by atoms with Gasteiger partial charge in [0.05, 0.1) is 6.54 Å². The van der Waals surface area contributed by atoms with Crippen molar-refractivity contribution in [3.05, 3.63) is 86.8 Å². The third-order valence-corrected chi connectivity index (χ3v) is 5.64. The molecule has 5 rings (SSSR count). The van der Waals surface area contributed by atoms with E-state index in [-0.39, 0.29) is 35.2 Å². The van der Waals surface area contributed by atoms with Crippen molar-refractivity contribution >= 4 is 0 Å². The van der Waals surface area contributed by atoms with Crippen LogP contribution in [0.3, 0.4) is 0 Å². The Labute approximate surface area is 164 Å². The molecule has 3 nitrogen and oxygen atoms in total. The van der Waals surface area contributed by atoms with Gasteiger partial charge < -0.3 is 0 Å². The summed E-state index contributed by atoms with van der Waals surface area (Å²) < 4.78 is 58.9. The fourth-order valence-corrected chi connectivity index (χ4v) is 3.98. The lowest BCUT2D eigenvalue weighted by Gasteiger charge is -2.16. The molecule has 3 aromatic rings. The monoisotopic (exact) mass is 402 g/mol. The van der Waals surface area contributed by atoms with E-state index in [9.17, 15) is 22.4 Å². The van der Waals surface area contributed by atoms with E-state index in [1.807, 2.05) is 0 Å². The summed E-state index contributed by atoms with van der Waals surface area (Å²) in [6.07, 6.45) is 3.52. The first-order valence-corrected chi connectivity index (χ1v) is 9.69. The SMILES string of the molecule is O=c1c(C2CC2)c(C2CC2)n(Cc2ccc(F)cc2F)n1-c1cc(F)ccc1F. The highest BCUT2D eigenvalue weighted by Gasteiger charge is 2.40. The van der Waals surface area contributed by atoms with Gasteiger partial charge in [-0.2, -0.15) is 0 Å². The highest BCUT2D eigenvalue weighted by molar-refractivity contribution is 5.40. The van der Waals surface area contributed by atoms with Gasteiger partial charge in [0.25, 0.3) is 5.56 Å². The van der Waals surface area contributed by atoms with Crippen molar-refractivity contribution in [1.29, 1.82) is 0 Å². The molecule has 0 aliphatic heterocycles. The van der Waals surface area contributed by atoms with Crippen molar-refractivity contribution in [3.8, 4) is 5.69 Å². The van der Waals surface area contributed by atoms with Gasteiger partial charge >= 0.3 is 0 Å². The molecule has 1 aromatic heterocycles. The van der Waals surface area contributed by atoms with Gasteiger partial charge in [-0.1, -0.05) is 6.07 Å². The molecule has 1 heterocycles. The lowest BCUT2D eigenvalue weighted by Crippen LogP contribution is -2.24. The van der Waals surface area contributed by atoms with Crippen molar-refractivity contribution < 1.29 is 17.6 Å². The second-order valence-electron chi connectivity index (χ2n) is 7.85. The van der Waals surface area contributed by atoms with Crippen molar-refractivity contribution in [3.63, 3.8) is 0 Å². The van der Waals surface area contributed by atoms with Gasteiger partial charge in [-0.15, -0.1) is 0 Å². The summed E-state index contributed by atoms with van der Waals surface area (Å²) in [6.45, 7) is -0.0736. The Balaban J connectivity index is 1.76. The molecule has 7 heteroatoms. The predicted octanol–water partition coefficient (Wildman–Crippen LogP) is 5.00. The summed E-state index contributed by atoms with van der Waals surface area (Å²) in [4.78, 5) is 13.3. The van der Waals surface area contributed by atoms with Crippen LogP contribution in [0, 0.1) is 23.3 Å². The molecule has 29 heavy (non-hydrogen) atoms. The van der Waals surface area contributed by atoms with Crippen LogP contribution < -0.4 is 5.56 Å². The van der Waals surface area contributed by atoms with E-state index in [0.29, 0.717) is 5.56 Å². The van der Waals surface area contributed by atoms with Gasteiger partial charge in [0, 0.05) is 34.9 Å². The van der Waals surface area contributed by atoms with Crippen molar-refractivity contribution in [2.24, 2.45) is 0 Å². The van der Waals surface area contributed by atoms with Gasteiger partial charge in [0.1, 0.15) is 29.0 Å². The number of aromatic nitrogens is 2. The van der Waals surface area contributed by atoms with Crippen LogP contribution in [0.15, 0.2) is 41.2 Å². The summed E-state index contributed by atoms with van der Waals surface area (Å²) in [5.74, 6) is -2.62. The molecular formula is C22H18F4N2O. The molecule has 0 radical (unpaired) electrons. The van der Waals surface area contributed by atoms with Crippen LogP contribution in [0.4, 0.5) is 17.6 Å². The number of nitrogens with zero attached hydrogens (tertiary/aromatic N) is 2. The molecule has 2 aromatic carbocycles. The first-order valence-electron chi connectivity index (χ1n) is 9.69. The van der Waals surface area contributed by atoms with E-state index in [4.69, 9.17) is 0 Å². The van der Waals surface area contributed by atoms with Crippen LogP contribution in [0.5, 0.6) is 0 Å². The number of benzene rings is 2. The zero-order valence-corrected chi connectivity index (χ0v) is 15.5. The van der Waals surface area contributed by atoms with Crippen molar-refractivity contribution in [2.45, 2.75) is 44.1 Å². The lowest BCUT2D eigenvalue weighted by molar-refractivity contribution is 0.510. The molecule has 0 bridgehead atoms. The van der Waals surface area contributed by atoms with Gasteiger partial charge in [-0.25, -0.2) is 22.2 Å². The molecule has 0 unspecified atom stereocenters. The standard InChI is InChI=1S/C22H18F4N2O/c23-15-6-5-14(18(26)9-15)11-27-21(13-3-4-13)20(12-1-2-12)22(29)28(27)19-10-16(24)7-8-17(19)25/h5-10,12-13H,1-4,11H2. The minimum Gasteiger partial charge on any atom is -0.277 e. The highest BCUT2D eigenvalue weighted by atomic mass is 19.1. The Morgan fingerprint density at radius 3 is 2.14 bits per heavy atom. The maximum Gasteiger partial charge on any atom is 0.275 e. The quantitative estimate of drug-likeness (QED) is 0.552. The maximum absolute atomic E-state index is 14.6. The minimum absolute atomic E-state index is 0.0736.